The number of carbonyl (C=O) groups excluding carboxylic acids is 1. The summed E-state index contributed by atoms with van der Waals surface area (Å²) >= 11 is 1.60. The van der Waals surface area contributed by atoms with Crippen LogP contribution in [0.1, 0.15) is 20.8 Å². The van der Waals surface area contributed by atoms with E-state index in [2.05, 4.69) is 5.32 Å². The number of carbonyl (C=O) groups is 1. The Hall–Kier alpha value is -1.00. The monoisotopic (exact) mass is 252 g/mol. The Bertz CT molecular complexity index is 399. The number of hydrogen-bond acceptors (Lipinski definition) is 3. The van der Waals surface area contributed by atoms with Gasteiger partial charge in [-0.05, 0) is 23.8 Å². The highest BCUT2D eigenvalue weighted by atomic mass is 32.2. The van der Waals surface area contributed by atoms with Crippen molar-refractivity contribution in [1.82, 2.24) is 0 Å². The van der Waals surface area contributed by atoms with Gasteiger partial charge in [-0.25, -0.2) is 0 Å². The molecule has 0 spiro atoms. The first-order valence-corrected chi connectivity index (χ1v) is 6.78. The van der Waals surface area contributed by atoms with Crippen LogP contribution in [-0.2, 0) is 4.79 Å². The van der Waals surface area contributed by atoms with Gasteiger partial charge < -0.3 is 11.1 Å². The molecule has 1 aromatic rings. The first kappa shape index (κ1) is 14.1. The number of rotatable bonds is 3. The van der Waals surface area contributed by atoms with E-state index in [1.807, 2.05) is 51.3 Å². The van der Waals surface area contributed by atoms with Crippen molar-refractivity contribution < 1.29 is 4.79 Å². The molecule has 3 nitrogen and oxygen atoms in total. The van der Waals surface area contributed by atoms with Crippen LogP contribution in [0, 0.1) is 5.41 Å². The molecule has 94 valence electrons. The van der Waals surface area contributed by atoms with Crippen LogP contribution >= 0.6 is 11.8 Å². The number of amides is 1. The molecule has 0 heterocycles. The van der Waals surface area contributed by atoms with E-state index in [0.29, 0.717) is 0 Å². The zero-order valence-corrected chi connectivity index (χ0v) is 11.6. The Balaban J connectivity index is 2.81. The maximum absolute atomic E-state index is 12.0. The second-order valence-electron chi connectivity index (χ2n) is 5.03. The van der Waals surface area contributed by atoms with Crippen LogP contribution in [0.4, 0.5) is 5.69 Å². The number of nitrogens with two attached hydrogens (primary N) is 1. The number of benzene rings is 1. The molecule has 0 radical (unpaired) electrons. The smallest absolute Gasteiger partial charge is 0.241 e. The van der Waals surface area contributed by atoms with Crippen LogP contribution in [0.2, 0.25) is 0 Å². The molecule has 0 aliphatic carbocycles. The lowest BCUT2D eigenvalue weighted by Crippen LogP contribution is -2.45. The van der Waals surface area contributed by atoms with Gasteiger partial charge >= 0.3 is 0 Å². The van der Waals surface area contributed by atoms with E-state index in [9.17, 15) is 4.79 Å². The lowest BCUT2D eigenvalue weighted by molar-refractivity contribution is -0.119. The normalized spacial score (nSPS) is 13.2. The van der Waals surface area contributed by atoms with Crippen molar-refractivity contribution in [3.8, 4) is 0 Å². The fraction of sp³-hybridized carbons (Fsp3) is 0.462. The minimum Gasteiger partial charge on any atom is -0.324 e. The van der Waals surface area contributed by atoms with E-state index in [-0.39, 0.29) is 11.3 Å². The van der Waals surface area contributed by atoms with Crippen molar-refractivity contribution in [2.75, 3.05) is 11.6 Å². The van der Waals surface area contributed by atoms with Gasteiger partial charge in [0.2, 0.25) is 5.91 Å². The van der Waals surface area contributed by atoms with Crippen molar-refractivity contribution in [3.05, 3.63) is 24.3 Å². The fourth-order valence-corrected chi connectivity index (χ4v) is 1.91. The van der Waals surface area contributed by atoms with E-state index in [1.54, 1.807) is 11.8 Å². The van der Waals surface area contributed by atoms with Crippen LogP contribution in [0.15, 0.2) is 29.2 Å². The Labute approximate surface area is 107 Å². The number of anilines is 1. The van der Waals surface area contributed by atoms with Gasteiger partial charge in [0.05, 0.1) is 11.7 Å². The van der Waals surface area contributed by atoms with Gasteiger partial charge in [-0.15, -0.1) is 11.8 Å². The van der Waals surface area contributed by atoms with Gasteiger partial charge in [0.15, 0.2) is 0 Å². The van der Waals surface area contributed by atoms with Gasteiger partial charge in [0, 0.05) is 4.90 Å². The molecule has 1 amide bonds. The molecule has 0 fully saturated rings. The number of nitrogens with one attached hydrogen (secondary N) is 1. The average Bonchev–Trinajstić information content (AvgIpc) is 2.27. The molecule has 0 aliphatic rings. The molecule has 17 heavy (non-hydrogen) atoms. The summed E-state index contributed by atoms with van der Waals surface area (Å²) in [4.78, 5) is 13.0. The molecular formula is C13H20N2OS. The molecular weight excluding hydrogens is 232 g/mol. The first-order valence-electron chi connectivity index (χ1n) is 5.55. The van der Waals surface area contributed by atoms with E-state index in [0.717, 1.165) is 10.6 Å². The van der Waals surface area contributed by atoms with Crippen molar-refractivity contribution in [2.24, 2.45) is 11.1 Å². The van der Waals surface area contributed by atoms with Crippen LogP contribution in [-0.4, -0.2) is 18.2 Å². The molecule has 0 aromatic heterocycles. The van der Waals surface area contributed by atoms with Gasteiger partial charge in [0.1, 0.15) is 0 Å². The summed E-state index contributed by atoms with van der Waals surface area (Å²) in [6.45, 7) is 5.87. The second kappa shape index (κ2) is 5.56. The topological polar surface area (TPSA) is 55.1 Å². The molecule has 0 unspecified atom stereocenters. The summed E-state index contributed by atoms with van der Waals surface area (Å²) in [6.07, 6.45) is 1.98. The maximum Gasteiger partial charge on any atom is 0.241 e. The summed E-state index contributed by atoms with van der Waals surface area (Å²) in [5, 5.41) is 2.88. The molecule has 0 saturated heterocycles. The highest BCUT2D eigenvalue weighted by Gasteiger charge is 2.27. The van der Waals surface area contributed by atoms with Crippen molar-refractivity contribution in [1.29, 1.82) is 0 Å². The van der Waals surface area contributed by atoms with E-state index in [1.165, 1.54) is 0 Å². The second-order valence-corrected chi connectivity index (χ2v) is 5.88. The number of hydrogen-bond donors (Lipinski definition) is 2. The van der Waals surface area contributed by atoms with E-state index >= 15 is 0 Å². The maximum atomic E-state index is 12.0. The quantitative estimate of drug-likeness (QED) is 0.813. The van der Waals surface area contributed by atoms with Crippen molar-refractivity contribution >= 4 is 23.4 Å². The highest BCUT2D eigenvalue weighted by molar-refractivity contribution is 7.98. The van der Waals surface area contributed by atoms with Crippen LogP contribution in [0.3, 0.4) is 0 Å². The molecule has 1 atom stereocenters. The molecule has 1 aromatic carbocycles. The standard InChI is InChI=1S/C13H20N2OS/c1-13(2,3)11(14)12(16)15-9-7-5-6-8-10(9)17-4/h5-8,11H,14H2,1-4H3,(H,15,16)/t11-/m1/s1. The predicted molar refractivity (Wildman–Crippen MR) is 74.3 cm³/mol. The highest BCUT2D eigenvalue weighted by Crippen LogP contribution is 2.26. The number of thioether (sulfide) groups is 1. The zero-order chi connectivity index (χ0) is 13.1. The summed E-state index contributed by atoms with van der Waals surface area (Å²) in [6, 6.07) is 7.20. The van der Waals surface area contributed by atoms with Crippen LogP contribution in [0.25, 0.3) is 0 Å². The summed E-state index contributed by atoms with van der Waals surface area (Å²) < 4.78 is 0. The first-order chi connectivity index (χ1) is 7.86. The largest absolute Gasteiger partial charge is 0.324 e. The summed E-state index contributed by atoms with van der Waals surface area (Å²) in [5.74, 6) is -0.140. The summed E-state index contributed by atoms with van der Waals surface area (Å²) in [7, 11) is 0. The van der Waals surface area contributed by atoms with E-state index < -0.39 is 6.04 Å². The minimum absolute atomic E-state index is 0.140. The van der Waals surface area contributed by atoms with Gasteiger partial charge in [-0.2, -0.15) is 0 Å². The molecule has 0 aliphatic heterocycles. The van der Waals surface area contributed by atoms with Crippen LogP contribution in [0.5, 0.6) is 0 Å². The Kier molecular flexibility index (Phi) is 4.60. The minimum atomic E-state index is -0.516. The third kappa shape index (κ3) is 3.75. The predicted octanol–water partition coefficient (Wildman–Crippen LogP) is 2.72. The average molecular weight is 252 g/mol. The molecule has 3 N–H and O–H groups in total. The van der Waals surface area contributed by atoms with Crippen molar-refractivity contribution in [2.45, 2.75) is 31.7 Å². The van der Waals surface area contributed by atoms with Crippen molar-refractivity contribution in [3.63, 3.8) is 0 Å². The molecule has 0 bridgehead atoms. The third-order valence-electron chi connectivity index (χ3n) is 2.58. The Morgan fingerprint density at radius 1 is 1.35 bits per heavy atom. The summed E-state index contributed by atoms with van der Waals surface area (Å²) in [5.41, 5.74) is 6.50. The molecule has 4 heteroatoms. The van der Waals surface area contributed by atoms with Gasteiger partial charge in [-0.3, -0.25) is 4.79 Å². The van der Waals surface area contributed by atoms with Crippen LogP contribution < -0.4 is 11.1 Å². The fourth-order valence-electron chi connectivity index (χ4n) is 1.35. The zero-order valence-electron chi connectivity index (χ0n) is 10.8. The number of para-hydroxylation sites is 1. The third-order valence-corrected chi connectivity index (χ3v) is 3.38. The lowest BCUT2D eigenvalue weighted by Gasteiger charge is -2.26. The Morgan fingerprint density at radius 3 is 2.47 bits per heavy atom. The van der Waals surface area contributed by atoms with Gasteiger partial charge in [0.25, 0.3) is 0 Å². The molecule has 1 rings (SSSR count). The van der Waals surface area contributed by atoms with Gasteiger partial charge in [-0.1, -0.05) is 32.9 Å². The van der Waals surface area contributed by atoms with E-state index in [4.69, 9.17) is 5.73 Å². The Morgan fingerprint density at radius 2 is 1.94 bits per heavy atom. The molecule has 0 saturated carbocycles. The SMILES string of the molecule is CSc1ccccc1NC(=O)[C@@H](N)C(C)(C)C. The lowest BCUT2D eigenvalue weighted by atomic mass is 9.87.